The van der Waals surface area contributed by atoms with Crippen LogP contribution in [0.4, 0.5) is 0 Å². The topological polar surface area (TPSA) is 40.5 Å². The van der Waals surface area contributed by atoms with Crippen LogP contribution in [0.1, 0.15) is 39.5 Å². The van der Waals surface area contributed by atoms with E-state index in [1.165, 1.54) is 25.7 Å². The van der Waals surface area contributed by atoms with Crippen molar-refractivity contribution in [2.45, 2.75) is 51.6 Å². The smallest absolute Gasteiger partial charge is 0.317 e. The molecule has 2 aliphatic rings. The fourth-order valence-corrected chi connectivity index (χ4v) is 2.56. The molecule has 15 heavy (non-hydrogen) atoms. The maximum Gasteiger partial charge on any atom is 0.317 e. The second-order valence-electron chi connectivity index (χ2n) is 5.43. The standard InChI is InChI=1S/C12H21NO2/c1-8(2)9-5-11(6-9)13(7-12(14)15)10-3-4-10/h8-11H,3-7H2,1-2H3,(H,14,15). The molecule has 0 amide bonds. The van der Waals surface area contributed by atoms with Crippen molar-refractivity contribution < 1.29 is 9.90 Å². The molecule has 2 fully saturated rings. The third-order valence-electron chi connectivity index (χ3n) is 3.90. The van der Waals surface area contributed by atoms with Gasteiger partial charge in [0, 0.05) is 12.1 Å². The van der Waals surface area contributed by atoms with Crippen molar-refractivity contribution in [1.82, 2.24) is 4.90 Å². The Kier molecular flexibility index (Phi) is 3.01. The summed E-state index contributed by atoms with van der Waals surface area (Å²) in [5.41, 5.74) is 0. The van der Waals surface area contributed by atoms with Gasteiger partial charge in [0.25, 0.3) is 0 Å². The van der Waals surface area contributed by atoms with Crippen molar-refractivity contribution in [3.8, 4) is 0 Å². The van der Waals surface area contributed by atoms with Crippen LogP contribution in [0, 0.1) is 11.8 Å². The average Bonchev–Trinajstić information content (AvgIpc) is 2.79. The molecule has 3 heteroatoms. The molecule has 0 radical (unpaired) electrons. The Morgan fingerprint density at radius 2 is 1.93 bits per heavy atom. The zero-order valence-corrected chi connectivity index (χ0v) is 9.65. The summed E-state index contributed by atoms with van der Waals surface area (Å²) in [6.45, 7) is 4.78. The Morgan fingerprint density at radius 1 is 1.33 bits per heavy atom. The number of nitrogens with zero attached hydrogens (tertiary/aromatic N) is 1. The molecule has 0 atom stereocenters. The van der Waals surface area contributed by atoms with E-state index in [2.05, 4.69) is 18.7 Å². The number of hydrogen-bond donors (Lipinski definition) is 1. The van der Waals surface area contributed by atoms with Gasteiger partial charge in [-0.2, -0.15) is 0 Å². The molecule has 86 valence electrons. The highest BCUT2D eigenvalue weighted by atomic mass is 16.4. The number of carboxylic acid groups (broad SMARTS) is 1. The maximum absolute atomic E-state index is 10.8. The van der Waals surface area contributed by atoms with E-state index in [4.69, 9.17) is 5.11 Å². The largest absolute Gasteiger partial charge is 0.480 e. The summed E-state index contributed by atoms with van der Waals surface area (Å²) in [6.07, 6.45) is 4.83. The van der Waals surface area contributed by atoms with Crippen LogP contribution >= 0.6 is 0 Å². The molecular weight excluding hydrogens is 190 g/mol. The lowest BCUT2D eigenvalue weighted by Crippen LogP contribution is -2.49. The molecule has 0 saturated heterocycles. The monoisotopic (exact) mass is 211 g/mol. The highest BCUT2D eigenvalue weighted by Crippen LogP contribution is 2.41. The number of rotatable bonds is 5. The van der Waals surface area contributed by atoms with Crippen LogP contribution in [-0.2, 0) is 4.79 Å². The lowest BCUT2D eigenvalue weighted by Gasteiger charge is -2.44. The molecule has 2 rings (SSSR count). The van der Waals surface area contributed by atoms with Gasteiger partial charge in [0.05, 0.1) is 6.54 Å². The van der Waals surface area contributed by atoms with Gasteiger partial charge < -0.3 is 5.11 Å². The highest BCUT2D eigenvalue weighted by Gasteiger charge is 2.41. The molecular formula is C12H21NO2. The van der Waals surface area contributed by atoms with Gasteiger partial charge in [-0.1, -0.05) is 13.8 Å². The summed E-state index contributed by atoms with van der Waals surface area (Å²) < 4.78 is 0. The summed E-state index contributed by atoms with van der Waals surface area (Å²) in [5.74, 6) is 0.909. The molecule has 0 aromatic rings. The Bertz CT molecular complexity index is 242. The summed E-state index contributed by atoms with van der Waals surface area (Å²) >= 11 is 0. The Morgan fingerprint density at radius 3 is 2.33 bits per heavy atom. The molecule has 0 bridgehead atoms. The van der Waals surface area contributed by atoms with E-state index in [0.717, 1.165) is 11.8 Å². The van der Waals surface area contributed by atoms with E-state index in [0.29, 0.717) is 12.1 Å². The maximum atomic E-state index is 10.8. The summed E-state index contributed by atoms with van der Waals surface area (Å²) in [7, 11) is 0. The number of carbonyl (C=O) groups is 1. The zero-order valence-electron chi connectivity index (χ0n) is 9.65. The summed E-state index contributed by atoms with van der Waals surface area (Å²) in [6, 6.07) is 1.14. The first-order valence-corrected chi connectivity index (χ1v) is 6.05. The van der Waals surface area contributed by atoms with E-state index in [-0.39, 0.29) is 6.54 Å². The minimum atomic E-state index is -0.671. The summed E-state index contributed by atoms with van der Waals surface area (Å²) in [5, 5.41) is 8.86. The molecule has 0 heterocycles. The van der Waals surface area contributed by atoms with Crippen molar-refractivity contribution in [1.29, 1.82) is 0 Å². The molecule has 1 N–H and O–H groups in total. The minimum Gasteiger partial charge on any atom is -0.480 e. The first kappa shape index (κ1) is 10.9. The van der Waals surface area contributed by atoms with Crippen molar-refractivity contribution >= 4 is 5.97 Å². The third kappa shape index (κ3) is 2.51. The quantitative estimate of drug-likeness (QED) is 0.756. The first-order chi connectivity index (χ1) is 7.08. The van der Waals surface area contributed by atoms with Gasteiger partial charge in [0.15, 0.2) is 0 Å². The van der Waals surface area contributed by atoms with Crippen molar-refractivity contribution in [3.63, 3.8) is 0 Å². The lowest BCUT2D eigenvalue weighted by atomic mass is 9.73. The van der Waals surface area contributed by atoms with E-state index >= 15 is 0 Å². The predicted octanol–water partition coefficient (Wildman–Crippen LogP) is 1.97. The number of hydrogen-bond acceptors (Lipinski definition) is 2. The van der Waals surface area contributed by atoms with E-state index in [1.54, 1.807) is 0 Å². The van der Waals surface area contributed by atoms with Crippen LogP contribution in [0.3, 0.4) is 0 Å². The third-order valence-corrected chi connectivity index (χ3v) is 3.90. The highest BCUT2D eigenvalue weighted by molar-refractivity contribution is 5.69. The number of carboxylic acids is 1. The van der Waals surface area contributed by atoms with Crippen LogP contribution in [0.2, 0.25) is 0 Å². The van der Waals surface area contributed by atoms with Crippen molar-refractivity contribution in [3.05, 3.63) is 0 Å². The first-order valence-electron chi connectivity index (χ1n) is 6.05. The minimum absolute atomic E-state index is 0.250. The SMILES string of the molecule is CC(C)C1CC(N(CC(=O)O)C2CC2)C1. The lowest BCUT2D eigenvalue weighted by molar-refractivity contribution is -0.140. The van der Waals surface area contributed by atoms with Gasteiger partial charge in [-0.25, -0.2) is 0 Å². The van der Waals surface area contributed by atoms with Gasteiger partial charge in [-0.3, -0.25) is 9.69 Å². The molecule has 0 aromatic heterocycles. The van der Waals surface area contributed by atoms with Crippen LogP contribution in [0.15, 0.2) is 0 Å². The second kappa shape index (κ2) is 4.12. The number of aliphatic carboxylic acids is 1. The van der Waals surface area contributed by atoms with Gasteiger partial charge in [0.1, 0.15) is 0 Å². The van der Waals surface area contributed by atoms with Crippen LogP contribution in [0.5, 0.6) is 0 Å². The summed E-state index contributed by atoms with van der Waals surface area (Å²) in [4.78, 5) is 13.0. The molecule has 3 nitrogen and oxygen atoms in total. The Balaban J connectivity index is 1.83. The van der Waals surface area contributed by atoms with Gasteiger partial charge in [-0.15, -0.1) is 0 Å². The van der Waals surface area contributed by atoms with Crippen molar-refractivity contribution in [2.24, 2.45) is 11.8 Å². The fourth-order valence-electron chi connectivity index (χ4n) is 2.56. The average molecular weight is 211 g/mol. The predicted molar refractivity (Wildman–Crippen MR) is 58.7 cm³/mol. The molecule has 0 spiro atoms. The van der Waals surface area contributed by atoms with E-state index < -0.39 is 5.97 Å². The van der Waals surface area contributed by atoms with E-state index in [1.807, 2.05) is 0 Å². The zero-order chi connectivity index (χ0) is 11.0. The van der Waals surface area contributed by atoms with Crippen LogP contribution in [0.25, 0.3) is 0 Å². The molecule has 0 unspecified atom stereocenters. The van der Waals surface area contributed by atoms with Gasteiger partial charge in [-0.05, 0) is 37.5 Å². The normalized spacial score (nSPS) is 30.7. The van der Waals surface area contributed by atoms with Crippen LogP contribution in [-0.4, -0.2) is 34.6 Å². The van der Waals surface area contributed by atoms with Crippen molar-refractivity contribution in [2.75, 3.05) is 6.54 Å². The fraction of sp³-hybridized carbons (Fsp3) is 0.917. The van der Waals surface area contributed by atoms with Gasteiger partial charge >= 0.3 is 5.97 Å². The molecule has 2 saturated carbocycles. The Hall–Kier alpha value is -0.570. The molecule has 2 aliphatic carbocycles. The van der Waals surface area contributed by atoms with Gasteiger partial charge in [0.2, 0.25) is 0 Å². The Labute approximate surface area is 91.5 Å². The second-order valence-corrected chi connectivity index (χ2v) is 5.43. The molecule has 0 aliphatic heterocycles. The van der Waals surface area contributed by atoms with Crippen LogP contribution < -0.4 is 0 Å². The van der Waals surface area contributed by atoms with E-state index in [9.17, 15) is 4.79 Å². The molecule has 0 aromatic carbocycles.